The zero-order chi connectivity index (χ0) is 11.7. The van der Waals surface area contributed by atoms with Crippen LogP contribution >= 0.6 is 0 Å². The SMILES string of the molecule is COCC(C)(CCO)NC(C)CCCO. The highest BCUT2D eigenvalue weighted by Crippen LogP contribution is 2.12. The number of rotatable bonds is 9. The van der Waals surface area contributed by atoms with Gasteiger partial charge in [0.1, 0.15) is 0 Å². The zero-order valence-electron chi connectivity index (χ0n) is 10.1. The molecule has 0 heterocycles. The van der Waals surface area contributed by atoms with E-state index in [2.05, 4.69) is 12.2 Å². The summed E-state index contributed by atoms with van der Waals surface area (Å²) in [5.41, 5.74) is -0.182. The molecule has 0 bridgehead atoms. The lowest BCUT2D eigenvalue weighted by molar-refractivity contribution is 0.0896. The number of aliphatic hydroxyl groups excluding tert-OH is 2. The van der Waals surface area contributed by atoms with Crippen molar-refractivity contribution in [3.8, 4) is 0 Å². The van der Waals surface area contributed by atoms with Crippen LogP contribution in [0.2, 0.25) is 0 Å². The molecule has 2 unspecified atom stereocenters. The first-order valence-electron chi connectivity index (χ1n) is 5.56. The van der Waals surface area contributed by atoms with Gasteiger partial charge in [0.25, 0.3) is 0 Å². The Morgan fingerprint density at radius 2 is 2.00 bits per heavy atom. The summed E-state index contributed by atoms with van der Waals surface area (Å²) in [7, 11) is 1.66. The Morgan fingerprint density at radius 3 is 2.47 bits per heavy atom. The summed E-state index contributed by atoms with van der Waals surface area (Å²) >= 11 is 0. The van der Waals surface area contributed by atoms with Crippen molar-refractivity contribution in [2.45, 2.75) is 44.7 Å². The van der Waals surface area contributed by atoms with Crippen LogP contribution in [0, 0.1) is 0 Å². The van der Waals surface area contributed by atoms with Crippen LogP contribution in [0.25, 0.3) is 0 Å². The van der Waals surface area contributed by atoms with E-state index in [4.69, 9.17) is 14.9 Å². The highest BCUT2D eigenvalue weighted by atomic mass is 16.5. The smallest absolute Gasteiger partial charge is 0.0642 e. The number of hydrogen-bond acceptors (Lipinski definition) is 4. The van der Waals surface area contributed by atoms with Crippen molar-refractivity contribution in [2.75, 3.05) is 26.9 Å². The summed E-state index contributed by atoms with van der Waals surface area (Å²) in [5.74, 6) is 0. The number of hydrogen-bond donors (Lipinski definition) is 3. The Labute approximate surface area is 92.6 Å². The molecule has 4 nitrogen and oxygen atoms in total. The molecule has 4 heteroatoms. The number of methoxy groups -OCH3 is 1. The molecule has 0 aromatic carbocycles. The Hall–Kier alpha value is -0.160. The van der Waals surface area contributed by atoms with E-state index >= 15 is 0 Å². The van der Waals surface area contributed by atoms with Crippen LogP contribution < -0.4 is 5.32 Å². The van der Waals surface area contributed by atoms with Crippen LogP contribution in [0.15, 0.2) is 0 Å². The van der Waals surface area contributed by atoms with Crippen molar-refractivity contribution >= 4 is 0 Å². The Balaban J connectivity index is 4.02. The third-order valence-electron chi connectivity index (χ3n) is 2.52. The average molecular weight is 219 g/mol. The van der Waals surface area contributed by atoms with Gasteiger partial charge in [0.15, 0.2) is 0 Å². The third-order valence-corrected chi connectivity index (χ3v) is 2.52. The molecule has 0 aromatic rings. The van der Waals surface area contributed by atoms with Gasteiger partial charge in [0, 0.05) is 31.9 Å². The summed E-state index contributed by atoms with van der Waals surface area (Å²) in [6.45, 7) is 5.09. The normalized spacial score (nSPS) is 17.4. The van der Waals surface area contributed by atoms with Crippen LogP contribution in [0.3, 0.4) is 0 Å². The molecule has 0 aliphatic carbocycles. The Morgan fingerprint density at radius 1 is 1.33 bits per heavy atom. The maximum Gasteiger partial charge on any atom is 0.0642 e. The van der Waals surface area contributed by atoms with E-state index in [9.17, 15) is 0 Å². The molecule has 0 fully saturated rings. The van der Waals surface area contributed by atoms with Gasteiger partial charge in [0.05, 0.1) is 6.61 Å². The highest BCUT2D eigenvalue weighted by Gasteiger charge is 2.24. The Bertz CT molecular complexity index is 147. The van der Waals surface area contributed by atoms with E-state index in [1.165, 1.54) is 0 Å². The number of ether oxygens (including phenoxy) is 1. The predicted octanol–water partition coefficient (Wildman–Crippen LogP) is 0.524. The first-order chi connectivity index (χ1) is 7.08. The molecule has 0 saturated heterocycles. The second-order valence-corrected chi connectivity index (χ2v) is 4.38. The van der Waals surface area contributed by atoms with Crippen molar-refractivity contribution in [3.63, 3.8) is 0 Å². The van der Waals surface area contributed by atoms with Crippen molar-refractivity contribution in [1.29, 1.82) is 0 Å². The van der Waals surface area contributed by atoms with Gasteiger partial charge < -0.3 is 20.3 Å². The van der Waals surface area contributed by atoms with E-state index < -0.39 is 0 Å². The molecule has 0 amide bonds. The molecule has 0 aliphatic heterocycles. The van der Waals surface area contributed by atoms with Gasteiger partial charge >= 0.3 is 0 Å². The highest BCUT2D eigenvalue weighted by molar-refractivity contribution is 4.85. The van der Waals surface area contributed by atoms with Gasteiger partial charge in [-0.15, -0.1) is 0 Å². The van der Waals surface area contributed by atoms with E-state index in [1.54, 1.807) is 7.11 Å². The van der Waals surface area contributed by atoms with Crippen molar-refractivity contribution in [2.24, 2.45) is 0 Å². The van der Waals surface area contributed by atoms with Crippen LogP contribution in [-0.4, -0.2) is 48.7 Å². The molecule has 0 rings (SSSR count). The van der Waals surface area contributed by atoms with Crippen LogP contribution in [0.1, 0.15) is 33.1 Å². The lowest BCUT2D eigenvalue weighted by Crippen LogP contribution is -2.51. The van der Waals surface area contributed by atoms with E-state index in [-0.39, 0.29) is 18.8 Å². The van der Waals surface area contributed by atoms with Gasteiger partial charge in [-0.05, 0) is 33.1 Å². The minimum absolute atomic E-state index is 0.152. The topological polar surface area (TPSA) is 61.7 Å². The molecule has 0 aromatic heterocycles. The monoisotopic (exact) mass is 219 g/mol. The van der Waals surface area contributed by atoms with Gasteiger partial charge in [-0.3, -0.25) is 0 Å². The maximum atomic E-state index is 8.98. The maximum absolute atomic E-state index is 8.98. The standard InChI is InChI=1S/C11H25NO3/c1-10(5-4-7-13)12-11(2,6-8-14)9-15-3/h10,12-14H,4-9H2,1-3H3. The first-order valence-corrected chi connectivity index (χ1v) is 5.56. The van der Waals surface area contributed by atoms with Crippen LogP contribution in [0.5, 0.6) is 0 Å². The molecular weight excluding hydrogens is 194 g/mol. The molecule has 3 N–H and O–H groups in total. The zero-order valence-corrected chi connectivity index (χ0v) is 10.1. The first kappa shape index (κ1) is 14.8. The summed E-state index contributed by atoms with van der Waals surface area (Å²) in [4.78, 5) is 0. The largest absolute Gasteiger partial charge is 0.396 e. The third kappa shape index (κ3) is 6.84. The minimum atomic E-state index is -0.182. The summed E-state index contributed by atoms with van der Waals surface area (Å²) < 4.78 is 5.14. The van der Waals surface area contributed by atoms with Gasteiger partial charge in [0.2, 0.25) is 0 Å². The second-order valence-electron chi connectivity index (χ2n) is 4.38. The minimum Gasteiger partial charge on any atom is -0.396 e. The van der Waals surface area contributed by atoms with E-state index in [0.717, 1.165) is 12.8 Å². The molecule has 0 spiro atoms. The second kappa shape index (κ2) is 8.05. The fraction of sp³-hybridized carbons (Fsp3) is 1.00. The van der Waals surface area contributed by atoms with Gasteiger partial charge in [-0.25, -0.2) is 0 Å². The molecule has 0 aliphatic rings. The Kier molecular flexibility index (Phi) is 7.96. The fourth-order valence-electron chi connectivity index (χ4n) is 1.82. The number of nitrogens with one attached hydrogen (secondary N) is 1. The van der Waals surface area contributed by atoms with E-state index in [0.29, 0.717) is 19.1 Å². The quantitative estimate of drug-likeness (QED) is 0.529. The molecule has 0 radical (unpaired) electrons. The van der Waals surface area contributed by atoms with E-state index in [1.807, 2.05) is 6.92 Å². The van der Waals surface area contributed by atoms with Gasteiger partial charge in [-0.2, -0.15) is 0 Å². The number of aliphatic hydroxyl groups is 2. The fourth-order valence-corrected chi connectivity index (χ4v) is 1.82. The lowest BCUT2D eigenvalue weighted by atomic mass is 9.97. The van der Waals surface area contributed by atoms with Crippen LogP contribution in [0.4, 0.5) is 0 Å². The summed E-state index contributed by atoms with van der Waals surface area (Å²) in [5, 5.41) is 21.1. The van der Waals surface area contributed by atoms with Gasteiger partial charge in [-0.1, -0.05) is 0 Å². The van der Waals surface area contributed by atoms with Crippen molar-refractivity contribution in [3.05, 3.63) is 0 Å². The molecule has 0 saturated carbocycles. The molecule has 15 heavy (non-hydrogen) atoms. The average Bonchev–Trinajstić information content (AvgIpc) is 2.15. The van der Waals surface area contributed by atoms with Crippen molar-refractivity contribution in [1.82, 2.24) is 5.32 Å². The molecule has 92 valence electrons. The summed E-state index contributed by atoms with van der Waals surface area (Å²) in [6.07, 6.45) is 2.40. The lowest BCUT2D eigenvalue weighted by Gasteiger charge is -2.33. The van der Waals surface area contributed by atoms with Crippen molar-refractivity contribution < 1.29 is 14.9 Å². The molecular formula is C11H25NO3. The molecule has 2 atom stereocenters. The summed E-state index contributed by atoms with van der Waals surface area (Å²) in [6, 6.07) is 0.323. The van der Waals surface area contributed by atoms with Crippen LogP contribution in [-0.2, 0) is 4.74 Å². The predicted molar refractivity (Wildman–Crippen MR) is 60.9 cm³/mol.